The molecule has 2 N–H and O–H groups in total. The molecule has 1 aromatic heterocycles. The summed E-state index contributed by atoms with van der Waals surface area (Å²) < 4.78 is 0. The van der Waals surface area contributed by atoms with Crippen LogP contribution in [0.15, 0.2) is 12.4 Å². The molecule has 0 aromatic carbocycles. The number of carbonyl (C=O) groups excluding carboxylic acids is 1. The number of aliphatic carboxylic acids is 1. The average Bonchev–Trinajstić information content (AvgIpc) is 2.85. The van der Waals surface area contributed by atoms with E-state index in [4.69, 9.17) is 5.11 Å². The van der Waals surface area contributed by atoms with E-state index >= 15 is 0 Å². The van der Waals surface area contributed by atoms with Gasteiger partial charge in [0.2, 0.25) is 0 Å². The van der Waals surface area contributed by atoms with E-state index in [1.165, 1.54) is 0 Å². The fourth-order valence-electron chi connectivity index (χ4n) is 2.15. The Morgan fingerprint density at radius 1 is 1.47 bits per heavy atom. The maximum Gasteiger partial charge on any atom is 0.311 e. The molecule has 5 nitrogen and oxygen atoms in total. The predicted octanol–water partition coefficient (Wildman–Crippen LogP) is 1.26. The Morgan fingerprint density at radius 2 is 2.18 bits per heavy atom. The van der Waals surface area contributed by atoms with Crippen LogP contribution in [0.4, 0.5) is 0 Å². The molecule has 1 aromatic rings. The number of carbonyl (C=O) groups is 2. The van der Waals surface area contributed by atoms with Crippen molar-refractivity contribution >= 4 is 11.9 Å². The molecule has 2 heterocycles. The number of aromatic nitrogens is 1. The highest BCUT2D eigenvalue weighted by Gasteiger charge is 2.42. The molecular weight excluding hydrogens is 220 g/mol. The fourth-order valence-corrected chi connectivity index (χ4v) is 2.15. The third-order valence-corrected chi connectivity index (χ3v) is 3.46. The molecule has 0 radical (unpaired) electrons. The topological polar surface area (TPSA) is 73.4 Å². The summed E-state index contributed by atoms with van der Waals surface area (Å²) in [6.07, 6.45) is 3.94. The normalized spacial score (nSPS) is 24.0. The average molecular weight is 236 g/mol. The molecule has 0 spiro atoms. The van der Waals surface area contributed by atoms with Gasteiger partial charge in [-0.25, -0.2) is 0 Å². The lowest BCUT2D eigenvalue weighted by atomic mass is 9.90. The lowest BCUT2D eigenvalue weighted by Crippen LogP contribution is -2.34. The third kappa shape index (κ3) is 1.92. The van der Waals surface area contributed by atoms with E-state index in [1.54, 1.807) is 24.2 Å². The number of hydrogen-bond acceptors (Lipinski definition) is 2. The molecule has 1 amide bonds. The molecule has 92 valence electrons. The molecule has 1 saturated heterocycles. The molecule has 1 aliphatic rings. The molecule has 0 aliphatic carbocycles. The minimum atomic E-state index is -0.835. The van der Waals surface area contributed by atoms with Gasteiger partial charge in [0.25, 0.3) is 5.91 Å². The second kappa shape index (κ2) is 3.91. The first kappa shape index (κ1) is 11.7. The number of nitrogens with zero attached hydrogens (tertiary/aromatic N) is 1. The summed E-state index contributed by atoms with van der Waals surface area (Å²) in [6, 6.07) is 0. The van der Waals surface area contributed by atoms with E-state index < -0.39 is 11.4 Å². The largest absolute Gasteiger partial charge is 0.481 e. The smallest absolute Gasteiger partial charge is 0.311 e. The van der Waals surface area contributed by atoms with Gasteiger partial charge in [0, 0.05) is 25.5 Å². The quantitative estimate of drug-likeness (QED) is 0.811. The standard InChI is InChI=1S/C12H16N2O3/c1-8-5-13-6-9(8)10(15)14-4-3-12(2,7-14)11(16)17/h5-6,13H,3-4,7H2,1-2H3,(H,16,17). The zero-order valence-corrected chi connectivity index (χ0v) is 9.99. The zero-order valence-electron chi connectivity index (χ0n) is 9.99. The number of nitrogens with one attached hydrogen (secondary N) is 1. The van der Waals surface area contributed by atoms with Crippen LogP contribution >= 0.6 is 0 Å². The van der Waals surface area contributed by atoms with Crippen molar-refractivity contribution in [3.63, 3.8) is 0 Å². The van der Waals surface area contributed by atoms with Gasteiger partial charge < -0.3 is 15.0 Å². The highest BCUT2D eigenvalue weighted by Crippen LogP contribution is 2.31. The Balaban J connectivity index is 2.15. The molecule has 0 bridgehead atoms. The second-order valence-electron chi connectivity index (χ2n) is 4.89. The van der Waals surface area contributed by atoms with Crippen molar-refractivity contribution in [3.05, 3.63) is 23.5 Å². The van der Waals surface area contributed by atoms with Crippen LogP contribution in [0.5, 0.6) is 0 Å². The Hall–Kier alpha value is -1.78. The number of rotatable bonds is 2. The molecule has 1 aliphatic heterocycles. The van der Waals surface area contributed by atoms with Crippen LogP contribution in [-0.4, -0.2) is 40.0 Å². The number of aryl methyl sites for hydroxylation is 1. The Bertz CT molecular complexity index is 466. The van der Waals surface area contributed by atoms with Crippen molar-refractivity contribution in [3.8, 4) is 0 Å². The summed E-state index contributed by atoms with van der Waals surface area (Å²) >= 11 is 0. The van der Waals surface area contributed by atoms with Gasteiger partial charge in [-0.2, -0.15) is 0 Å². The second-order valence-corrected chi connectivity index (χ2v) is 4.89. The number of amides is 1. The van der Waals surface area contributed by atoms with Gasteiger partial charge in [-0.15, -0.1) is 0 Å². The molecule has 2 rings (SSSR count). The Morgan fingerprint density at radius 3 is 2.65 bits per heavy atom. The van der Waals surface area contributed by atoms with Crippen molar-refractivity contribution < 1.29 is 14.7 Å². The molecule has 1 fully saturated rings. The van der Waals surface area contributed by atoms with Gasteiger partial charge in [0.1, 0.15) is 0 Å². The fraction of sp³-hybridized carbons (Fsp3) is 0.500. The minimum absolute atomic E-state index is 0.0891. The van der Waals surface area contributed by atoms with E-state index in [-0.39, 0.29) is 12.5 Å². The van der Waals surface area contributed by atoms with Crippen LogP contribution in [0.1, 0.15) is 29.3 Å². The van der Waals surface area contributed by atoms with Crippen LogP contribution in [0, 0.1) is 12.3 Å². The SMILES string of the molecule is Cc1c[nH]cc1C(=O)N1CCC(C)(C(=O)O)C1. The monoisotopic (exact) mass is 236 g/mol. The molecule has 1 atom stereocenters. The maximum absolute atomic E-state index is 12.2. The first-order chi connectivity index (χ1) is 7.94. The third-order valence-electron chi connectivity index (χ3n) is 3.46. The van der Waals surface area contributed by atoms with Crippen molar-refractivity contribution in [2.75, 3.05) is 13.1 Å². The number of hydrogen-bond donors (Lipinski definition) is 2. The number of aromatic amines is 1. The highest BCUT2D eigenvalue weighted by atomic mass is 16.4. The van der Waals surface area contributed by atoms with Crippen LogP contribution in [0.2, 0.25) is 0 Å². The van der Waals surface area contributed by atoms with Crippen molar-refractivity contribution in [2.24, 2.45) is 5.41 Å². The molecule has 0 saturated carbocycles. The van der Waals surface area contributed by atoms with Gasteiger partial charge in [-0.1, -0.05) is 0 Å². The van der Waals surface area contributed by atoms with Gasteiger partial charge in [-0.05, 0) is 25.8 Å². The first-order valence-electron chi connectivity index (χ1n) is 5.60. The number of carboxylic acids is 1. The molecule has 1 unspecified atom stereocenters. The van der Waals surface area contributed by atoms with Crippen LogP contribution in [-0.2, 0) is 4.79 Å². The molecular formula is C12H16N2O3. The van der Waals surface area contributed by atoms with E-state index in [1.807, 2.05) is 6.92 Å². The Labute approximate surface area is 99.4 Å². The van der Waals surface area contributed by atoms with Gasteiger partial charge in [0.05, 0.1) is 11.0 Å². The van der Waals surface area contributed by atoms with E-state index in [2.05, 4.69) is 4.98 Å². The maximum atomic E-state index is 12.2. The lowest BCUT2D eigenvalue weighted by Gasteiger charge is -2.20. The van der Waals surface area contributed by atoms with Crippen molar-refractivity contribution in [2.45, 2.75) is 20.3 Å². The van der Waals surface area contributed by atoms with Gasteiger partial charge in [0.15, 0.2) is 0 Å². The first-order valence-corrected chi connectivity index (χ1v) is 5.60. The molecule has 17 heavy (non-hydrogen) atoms. The summed E-state index contributed by atoms with van der Waals surface area (Å²) in [7, 11) is 0. The van der Waals surface area contributed by atoms with Crippen LogP contribution in [0.3, 0.4) is 0 Å². The summed E-state index contributed by atoms with van der Waals surface area (Å²) in [6.45, 7) is 4.33. The van der Waals surface area contributed by atoms with E-state index in [0.717, 1.165) is 5.56 Å². The lowest BCUT2D eigenvalue weighted by molar-refractivity contribution is -0.147. The van der Waals surface area contributed by atoms with Gasteiger partial charge in [-0.3, -0.25) is 9.59 Å². The number of likely N-dealkylation sites (tertiary alicyclic amines) is 1. The number of H-pyrrole nitrogens is 1. The van der Waals surface area contributed by atoms with E-state index in [9.17, 15) is 9.59 Å². The zero-order chi connectivity index (χ0) is 12.6. The number of carboxylic acid groups (broad SMARTS) is 1. The summed E-state index contributed by atoms with van der Waals surface area (Å²) in [5.74, 6) is -0.924. The Kier molecular flexibility index (Phi) is 2.69. The summed E-state index contributed by atoms with van der Waals surface area (Å²) in [4.78, 5) is 27.8. The summed E-state index contributed by atoms with van der Waals surface area (Å²) in [5, 5.41) is 9.11. The van der Waals surface area contributed by atoms with Crippen molar-refractivity contribution in [1.29, 1.82) is 0 Å². The molecule has 5 heteroatoms. The highest BCUT2D eigenvalue weighted by molar-refractivity contribution is 5.96. The van der Waals surface area contributed by atoms with Crippen LogP contribution < -0.4 is 0 Å². The van der Waals surface area contributed by atoms with Gasteiger partial charge >= 0.3 is 5.97 Å². The van der Waals surface area contributed by atoms with Crippen molar-refractivity contribution in [1.82, 2.24) is 9.88 Å². The van der Waals surface area contributed by atoms with E-state index in [0.29, 0.717) is 18.5 Å². The van der Waals surface area contributed by atoms with Crippen LogP contribution in [0.25, 0.3) is 0 Å². The summed E-state index contributed by atoms with van der Waals surface area (Å²) in [5.41, 5.74) is 0.707. The predicted molar refractivity (Wildman–Crippen MR) is 61.8 cm³/mol. The minimum Gasteiger partial charge on any atom is -0.481 e.